The van der Waals surface area contributed by atoms with Crippen LogP contribution in [0.2, 0.25) is 5.02 Å². The molecule has 6 heteroatoms. The first-order valence-corrected chi connectivity index (χ1v) is 8.42. The molecule has 2 heterocycles. The van der Waals surface area contributed by atoms with Gasteiger partial charge in [-0.2, -0.15) is 0 Å². The van der Waals surface area contributed by atoms with Gasteiger partial charge in [0.05, 0.1) is 11.1 Å². The van der Waals surface area contributed by atoms with E-state index in [0.29, 0.717) is 16.5 Å². The molecular weight excluding hydrogens is 345 g/mol. The van der Waals surface area contributed by atoms with E-state index in [1.54, 1.807) is 23.5 Å². The van der Waals surface area contributed by atoms with Crippen molar-refractivity contribution < 1.29 is 4.39 Å². The second-order valence-electron chi connectivity index (χ2n) is 5.17. The Bertz CT molecular complexity index is 1020. The highest BCUT2D eigenvalue weighted by molar-refractivity contribution is 7.21. The van der Waals surface area contributed by atoms with Gasteiger partial charge in [-0.15, -0.1) is 11.3 Å². The number of nitrogens with zero attached hydrogens (tertiary/aromatic N) is 2. The molecule has 3 nitrogen and oxygen atoms in total. The number of benzene rings is 2. The fourth-order valence-electron chi connectivity index (χ4n) is 2.42. The Balaban J connectivity index is 1.77. The quantitative estimate of drug-likeness (QED) is 0.497. The highest BCUT2D eigenvalue weighted by atomic mass is 35.5. The van der Waals surface area contributed by atoms with Gasteiger partial charge in [0.25, 0.3) is 0 Å². The molecule has 0 aliphatic carbocycles. The van der Waals surface area contributed by atoms with Crippen LogP contribution in [0.25, 0.3) is 20.7 Å². The minimum Gasteiger partial charge on any atom is -0.337 e. The number of nitrogens with one attached hydrogen (secondary N) is 1. The van der Waals surface area contributed by atoms with Crippen LogP contribution in [-0.2, 0) is 0 Å². The van der Waals surface area contributed by atoms with Gasteiger partial charge < -0.3 is 5.32 Å². The van der Waals surface area contributed by atoms with Gasteiger partial charge in [0.1, 0.15) is 22.8 Å². The van der Waals surface area contributed by atoms with E-state index < -0.39 is 5.82 Å². The normalized spacial score (nSPS) is 10.9. The van der Waals surface area contributed by atoms with Crippen LogP contribution in [0.3, 0.4) is 0 Å². The van der Waals surface area contributed by atoms with Crippen LogP contribution in [0, 0.1) is 5.82 Å². The number of rotatable bonds is 3. The van der Waals surface area contributed by atoms with E-state index in [1.165, 1.54) is 12.4 Å². The summed E-state index contributed by atoms with van der Waals surface area (Å²) in [6.45, 7) is 0. The largest absolute Gasteiger partial charge is 0.337 e. The summed E-state index contributed by atoms with van der Waals surface area (Å²) in [5, 5.41) is 4.24. The average molecular weight is 356 g/mol. The molecule has 2 aromatic carbocycles. The molecule has 0 spiro atoms. The van der Waals surface area contributed by atoms with Crippen LogP contribution in [0.4, 0.5) is 15.9 Å². The summed E-state index contributed by atoms with van der Waals surface area (Å²) in [5.41, 5.74) is 1.44. The van der Waals surface area contributed by atoms with E-state index >= 15 is 0 Å². The molecule has 0 radical (unpaired) electrons. The zero-order chi connectivity index (χ0) is 16.5. The molecule has 0 unspecified atom stereocenters. The number of hydrogen-bond donors (Lipinski definition) is 1. The number of thiophene rings is 1. The molecule has 2 aromatic heterocycles. The van der Waals surface area contributed by atoms with Crippen molar-refractivity contribution in [3.63, 3.8) is 0 Å². The predicted molar refractivity (Wildman–Crippen MR) is 97.5 cm³/mol. The lowest BCUT2D eigenvalue weighted by atomic mass is 10.2. The highest BCUT2D eigenvalue weighted by Gasteiger charge is 2.12. The summed E-state index contributed by atoms with van der Waals surface area (Å²) in [6, 6.07) is 16.6. The fraction of sp³-hybridized carbons (Fsp3) is 0. The number of hydrogen-bond acceptors (Lipinski definition) is 4. The van der Waals surface area contributed by atoms with E-state index in [9.17, 15) is 4.39 Å². The Morgan fingerprint density at radius 3 is 2.62 bits per heavy atom. The van der Waals surface area contributed by atoms with Crippen molar-refractivity contribution in [2.45, 2.75) is 0 Å². The van der Waals surface area contributed by atoms with Gasteiger partial charge in [-0.1, -0.05) is 41.9 Å². The van der Waals surface area contributed by atoms with E-state index in [0.717, 1.165) is 20.7 Å². The SMILES string of the molecule is Fc1cc(Cl)ccc1Nc1ncnc2sc(-c3ccccc3)cc12. The second-order valence-corrected chi connectivity index (χ2v) is 6.63. The molecule has 118 valence electrons. The predicted octanol–water partition coefficient (Wildman–Crippen LogP) is 5.89. The van der Waals surface area contributed by atoms with Crippen LogP contribution < -0.4 is 5.32 Å². The molecular formula is C18H11ClFN3S. The third-order valence-electron chi connectivity index (χ3n) is 3.57. The van der Waals surface area contributed by atoms with Crippen molar-refractivity contribution in [1.82, 2.24) is 9.97 Å². The first kappa shape index (κ1) is 15.1. The van der Waals surface area contributed by atoms with Crippen molar-refractivity contribution in [2.24, 2.45) is 0 Å². The molecule has 4 aromatic rings. The topological polar surface area (TPSA) is 37.8 Å². The molecule has 0 bridgehead atoms. The second kappa shape index (κ2) is 6.19. The van der Waals surface area contributed by atoms with Crippen molar-refractivity contribution in [3.05, 3.63) is 71.8 Å². The maximum Gasteiger partial charge on any atom is 0.148 e. The molecule has 1 N–H and O–H groups in total. The minimum absolute atomic E-state index is 0.326. The molecule has 0 aliphatic rings. The van der Waals surface area contributed by atoms with E-state index in [1.807, 2.05) is 36.4 Å². The van der Waals surface area contributed by atoms with Gasteiger partial charge in [-0.25, -0.2) is 14.4 Å². The summed E-state index contributed by atoms with van der Waals surface area (Å²) in [5.74, 6) is 0.146. The Kier molecular flexibility index (Phi) is 3.88. The highest BCUT2D eigenvalue weighted by Crippen LogP contribution is 2.36. The number of halogens is 2. The van der Waals surface area contributed by atoms with Crippen molar-refractivity contribution in [2.75, 3.05) is 5.32 Å². The first-order chi connectivity index (χ1) is 11.7. The fourth-order valence-corrected chi connectivity index (χ4v) is 3.58. The van der Waals surface area contributed by atoms with Crippen LogP contribution in [0.5, 0.6) is 0 Å². The number of anilines is 2. The molecule has 0 saturated carbocycles. The minimum atomic E-state index is -0.423. The monoisotopic (exact) mass is 355 g/mol. The molecule has 0 aliphatic heterocycles. The van der Waals surface area contributed by atoms with Crippen molar-refractivity contribution in [1.29, 1.82) is 0 Å². The molecule has 0 saturated heterocycles. The molecule has 24 heavy (non-hydrogen) atoms. The van der Waals surface area contributed by atoms with Crippen LogP contribution in [-0.4, -0.2) is 9.97 Å². The summed E-state index contributed by atoms with van der Waals surface area (Å²) in [4.78, 5) is 10.5. The van der Waals surface area contributed by atoms with E-state index in [4.69, 9.17) is 11.6 Å². The van der Waals surface area contributed by atoms with Gasteiger partial charge in [-0.3, -0.25) is 0 Å². The van der Waals surface area contributed by atoms with E-state index in [2.05, 4.69) is 15.3 Å². The summed E-state index contributed by atoms with van der Waals surface area (Å²) >= 11 is 7.37. The van der Waals surface area contributed by atoms with Gasteiger partial charge in [0.15, 0.2) is 0 Å². The average Bonchev–Trinajstić information content (AvgIpc) is 3.03. The Morgan fingerprint density at radius 1 is 1.00 bits per heavy atom. The molecule has 4 rings (SSSR count). The van der Waals surface area contributed by atoms with Gasteiger partial charge in [0.2, 0.25) is 0 Å². The van der Waals surface area contributed by atoms with Crippen LogP contribution in [0.15, 0.2) is 60.9 Å². The Labute approximate surface area is 146 Å². The van der Waals surface area contributed by atoms with Crippen LogP contribution >= 0.6 is 22.9 Å². The number of aromatic nitrogens is 2. The van der Waals surface area contributed by atoms with Crippen LogP contribution in [0.1, 0.15) is 0 Å². The zero-order valence-electron chi connectivity index (χ0n) is 12.3. The first-order valence-electron chi connectivity index (χ1n) is 7.23. The lowest BCUT2D eigenvalue weighted by Crippen LogP contribution is -1.97. The van der Waals surface area contributed by atoms with Crippen molar-refractivity contribution >= 4 is 44.7 Å². The Morgan fingerprint density at radius 2 is 1.83 bits per heavy atom. The summed E-state index contributed by atoms with van der Waals surface area (Å²) in [6.07, 6.45) is 1.48. The van der Waals surface area contributed by atoms with Gasteiger partial charge in [-0.05, 0) is 29.8 Å². The maximum atomic E-state index is 14.0. The smallest absolute Gasteiger partial charge is 0.148 e. The third kappa shape index (κ3) is 2.84. The molecule has 0 fully saturated rings. The van der Waals surface area contributed by atoms with Crippen molar-refractivity contribution in [3.8, 4) is 10.4 Å². The third-order valence-corrected chi connectivity index (χ3v) is 4.90. The molecule has 0 atom stereocenters. The summed E-state index contributed by atoms with van der Waals surface area (Å²) < 4.78 is 14.0. The van der Waals surface area contributed by atoms with E-state index in [-0.39, 0.29) is 0 Å². The van der Waals surface area contributed by atoms with Gasteiger partial charge in [0, 0.05) is 9.90 Å². The Hall–Kier alpha value is -2.50. The lowest BCUT2D eigenvalue weighted by molar-refractivity contribution is 0.632. The molecule has 0 amide bonds. The number of fused-ring (bicyclic) bond motifs is 1. The zero-order valence-corrected chi connectivity index (χ0v) is 13.9. The van der Waals surface area contributed by atoms with Gasteiger partial charge >= 0.3 is 0 Å². The standard InChI is InChI=1S/C18H11ClFN3S/c19-12-6-7-15(14(20)8-12)23-17-13-9-16(11-4-2-1-3-5-11)24-18(13)22-10-21-17/h1-10H,(H,21,22,23). The lowest BCUT2D eigenvalue weighted by Gasteiger charge is -2.07. The summed E-state index contributed by atoms with van der Waals surface area (Å²) in [7, 11) is 0. The maximum absolute atomic E-state index is 14.0.